The summed E-state index contributed by atoms with van der Waals surface area (Å²) in [5, 5.41) is 1.95. The molecule has 0 unspecified atom stereocenters. The number of hydrogen-bond donors (Lipinski definition) is 1. The van der Waals surface area contributed by atoms with Crippen LogP contribution in [0.15, 0.2) is 30.5 Å². The van der Waals surface area contributed by atoms with Crippen molar-refractivity contribution in [2.75, 3.05) is 0 Å². The zero-order chi connectivity index (χ0) is 12.7. The maximum atomic E-state index is 12.2. The Morgan fingerprint density at radius 3 is 2.72 bits per heavy atom. The molecule has 0 fully saturated rings. The number of aromatic nitrogens is 2. The Labute approximate surface area is 105 Å². The fourth-order valence-electron chi connectivity index (χ4n) is 1.93. The first-order chi connectivity index (χ1) is 8.63. The zero-order valence-corrected chi connectivity index (χ0v) is 9.71. The van der Waals surface area contributed by atoms with Gasteiger partial charge >= 0.3 is 6.61 Å². The Balaban J connectivity index is 2.24. The molecule has 0 radical (unpaired) electrons. The molecule has 0 saturated carbocycles. The molecule has 3 aromatic rings. The van der Waals surface area contributed by atoms with Crippen LogP contribution in [-0.4, -0.2) is 16.6 Å². The van der Waals surface area contributed by atoms with E-state index in [9.17, 15) is 8.78 Å². The number of hydrogen-bond acceptors (Lipinski definition) is 2. The number of rotatable bonds is 2. The molecule has 0 bridgehead atoms. The second-order valence-corrected chi connectivity index (χ2v) is 4.15. The predicted molar refractivity (Wildman–Crippen MR) is 65.2 cm³/mol. The van der Waals surface area contributed by atoms with E-state index in [0.717, 1.165) is 21.8 Å². The van der Waals surface area contributed by atoms with Crippen molar-refractivity contribution in [2.45, 2.75) is 6.61 Å². The summed E-state index contributed by atoms with van der Waals surface area (Å²) >= 11 is 5.82. The van der Waals surface area contributed by atoms with Crippen molar-refractivity contribution in [2.24, 2.45) is 0 Å². The first-order valence-electron chi connectivity index (χ1n) is 5.15. The van der Waals surface area contributed by atoms with Crippen molar-refractivity contribution < 1.29 is 13.5 Å². The molecule has 1 aromatic carbocycles. The minimum Gasteiger partial charge on any atom is -0.435 e. The van der Waals surface area contributed by atoms with Gasteiger partial charge in [0, 0.05) is 16.3 Å². The number of alkyl halides is 2. The van der Waals surface area contributed by atoms with E-state index in [1.54, 1.807) is 24.4 Å². The fraction of sp³-hybridized carbons (Fsp3) is 0.0833. The number of H-pyrrole nitrogens is 1. The average Bonchev–Trinajstić information content (AvgIpc) is 2.66. The highest BCUT2D eigenvalue weighted by atomic mass is 35.5. The number of nitrogens with one attached hydrogen (secondary N) is 1. The number of halogens is 3. The van der Waals surface area contributed by atoms with E-state index in [2.05, 4.69) is 14.7 Å². The van der Waals surface area contributed by atoms with Gasteiger partial charge in [-0.25, -0.2) is 4.98 Å². The molecule has 0 atom stereocenters. The fourth-order valence-corrected chi connectivity index (χ4v) is 2.09. The van der Waals surface area contributed by atoms with Crippen LogP contribution in [0.2, 0.25) is 5.15 Å². The monoisotopic (exact) mass is 268 g/mol. The number of aromatic amines is 1. The van der Waals surface area contributed by atoms with Crippen LogP contribution in [0, 0.1) is 0 Å². The van der Waals surface area contributed by atoms with E-state index in [-0.39, 0.29) is 5.75 Å². The van der Waals surface area contributed by atoms with Crippen LogP contribution in [0.4, 0.5) is 8.78 Å². The van der Waals surface area contributed by atoms with Gasteiger partial charge in [-0.2, -0.15) is 8.78 Å². The van der Waals surface area contributed by atoms with Crippen molar-refractivity contribution in [1.82, 2.24) is 9.97 Å². The summed E-state index contributed by atoms with van der Waals surface area (Å²) in [5.41, 5.74) is 1.61. The van der Waals surface area contributed by atoms with Gasteiger partial charge in [0.1, 0.15) is 10.9 Å². The summed E-state index contributed by atoms with van der Waals surface area (Å²) in [6.45, 7) is -2.84. The van der Waals surface area contributed by atoms with Gasteiger partial charge in [-0.3, -0.25) is 0 Å². The van der Waals surface area contributed by atoms with Crippen LogP contribution in [0.3, 0.4) is 0 Å². The van der Waals surface area contributed by atoms with Gasteiger partial charge in [-0.05, 0) is 24.3 Å². The van der Waals surface area contributed by atoms with Crippen molar-refractivity contribution in [3.05, 3.63) is 35.6 Å². The molecule has 0 aliphatic carbocycles. The molecule has 92 valence electrons. The van der Waals surface area contributed by atoms with Crippen molar-refractivity contribution in [1.29, 1.82) is 0 Å². The molecule has 3 rings (SSSR count). The normalized spacial score (nSPS) is 11.6. The largest absolute Gasteiger partial charge is 0.435 e. The first kappa shape index (κ1) is 11.2. The molecular formula is C12H7ClF2N2O. The van der Waals surface area contributed by atoms with Gasteiger partial charge in [0.15, 0.2) is 0 Å². The van der Waals surface area contributed by atoms with E-state index >= 15 is 0 Å². The molecule has 0 saturated heterocycles. The van der Waals surface area contributed by atoms with E-state index in [1.807, 2.05) is 0 Å². The molecular weight excluding hydrogens is 262 g/mol. The highest BCUT2D eigenvalue weighted by molar-refractivity contribution is 6.30. The quantitative estimate of drug-likeness (QED) is 0.714. The highest BCUT2D eigenvalue weighted by Gasteiger charge is 2.09. The summed E-state index contributed by atoms with van der Waals surface area (Å²) in [4.78, 5) is 7.08. The van der Waals surface area contributed by atoms with Gasteiger partial charge in [-0.15, -0.1) is 0 Å². The summed E-state index contributed by atoms with van der Waals surface area (Å²) in [7, 11) is 0. The molecule has 0 aliphatic heterocycles. The SMILES string of the molecule is FC(F)Oc1ccc2[nH]c3cnc(Cl)cc3c2c1. The molecule has 1 N–H and O–H groups in total. The Bertz CT molecular complexity index is 726. The van der Waals surface area contributed by atoms with Gasteiger partial charge in [0.05, 0.1) is 11.7 Å². The zero-order valence-electron chi connectivity index (χ0n) is 8.95. The van der Waals surface area contributed by atoms with E-state index in [4.69, 9.17) is 11.6 Å². The number of fused-ring (bicyclic) bond motifs is 3. The molecule has 2 aromatic heterocycles. The maximum absolute atomic E-state index is 12.2. The Hall–Kier alpha value is -1.88. The van der Waals surface area contributed by atoms with Gasteiger partial charge in [-0.1, -0.05) is 11.6 Å². The van der Waals surface area contributed by atoms with E-state index in [1.165, 1.54) is 6.07 Å². The lowest BCUT2D eigenvalue weighted by molar-refractivity contribution is -0.0497. The van der Waals surface area contributed by atoms with E-state index in [0.29, 0.717) is 5.15 Å². The number of nitrogens with zero attached hydrogens (tertiary/aromatic N) is 1. The van der Waals surface area contributed by atoms with Crippen molar-refractivity contribution >= 4 is 33.4 Å². The third-order valence-corrected chi connectivity index (χ3v) is 2.85. The number of benzene rings is 1. The number of ether oxygens (including phenoxy) is 1. The molecule has 6 heteroatoms. The average molecular weight is 269 g/mol. The second kappa shape index (κ2) is 4.10. The van der Waals surface area contributed by atoms with Gasteiger partial charge in [0.25, 0.3) is 0 Å². The standard InChI is InChI=1S/C12H7ClF2N2O/c13-11-4-8-7-3-6(18-12(14)15)1-2-9(7)17-10(8)5-16-11/h1-5,12,17H. The molecule has 0 amide bonds. The van der Waals surface area contributed by atoms with Crippen LogP contribution in [-0.2, 0) is 0 Å². The Kier molecular flexibility index (Phi) is 2.56. The summed E-state index contributed by atoms with van der Waals surface area (Å²) < 4.78 is 28.7. The van der Waals surface area contributed by atoms with E-state index < -0.39 is 6.61 Å². The number of pyridine rings is 1. The smallest absolute Gasteiger partial charge is 0.387 e. The van der Waals surface area contributed by atoms with Crippen LogP contribution in [0.1, 0.15) is 0 Å². The Morgan fingerprint density at radius 2 is 1.94 bits per heavy atom. The van der Waals surface area contributed by atoms with Crippen molar-refractivity contribution in [3.8, 4) is 5.75 Å². The minimum absolute atomic E-state index is 0.117. The van der Waals surface area contributed by atoms with Crippen molar-refractivity contribution in [3.63, 3.8) is 0 Å². The summed E-state index contributed by atoms with van der Waals surface area (Å²) in [5.74, 6) is 0.117. The summed E-state index contributed by atoms with van der Waals surface area (Å²) in [6.07, 6.45) is 1.60. The highest BCUT2D eigenvalue weighted by Crippen LogP contribution is 2.30. The van der Waals surface area contributed by atoms with Crippen LogP contribution in [0.5, 0.6) is 5.75 Å². The first-order valence-corrected chi connectivity index (χ1v) is 5.53. The van der Waals surface area contributed by atoms with Gasteiger partial charge < -0.3 is 9.72 Å². The molecule has 2 heterocycles. The van der Waals surface area contributed by atoms with Gasteiger partial charge in [0.2, 0.25) is 0 Å². The lowest BCUT2D eigenvalue weighted by atomic mass is 10.2. The second-order valence-electron chi connectivity index (χ2n) is 3.76. The molecule has 18 heavy (non-hydrogen) atoms. The maximum Gasteiger partial charge on any atom is 0.387 e. The Morgan fingerprint density at radius 1 is 1.17 bits per heavy atom. The van der Waals surface area contributed by atoms with Crippen LogP contribution >= 0.6 is 11.6 Å². The third-order valence-electron chi connectivity index (χ3n) is 2.65. The topological polar surface area (TPSA) is 37.9 Å². The lowest BCUT2D eigenvalue weighted by Gasteiger charge is -2.03. The lowest BCUT2D eigenvalue weighted by Crippen LogP contribution is -2.01. The third kappa shape index (κ3) is 1.86. The predicted octanol–water partition coefficient (Wildman–Crippen LogP) is 3.97. The van der Waals surface area contributed by atoms with Crippen LogP contribution in [0.25, 0.3) is 21.8 Å². The molecule has 0 aliphatic rings. The minimum atomic E-state index is -2.84. The molecule has 0 spiro atoms. The van der Waals surface area contributed by atoms with Crippen LogP contribution < -0.4 is 4.74 Å². The molecule has 3 nitrogen and oxygen atoms in total. The summed E-state index contributed by atoms with van der Waals surface area (Å²) in [6, 6.07) is 6.40.